The maximum Gasteiger partial charge on any atom is 0.329 e. The first-order valence-electron chi connectivity index (χ1n) is 6.67. The molecule has 0 saturated carbocycles. The van der Waals surface area contributed by atoms with Crippen LogP contribution in [0.2, 0.25) is 0 Å². The minimum Gasteiger partial charge on any atom is -0.324 e. The minimum absolute atomic E-state index is 0.0436. The van der Waals surface area contributed by atoms with Crippen LogP contribution in [0.25, 0.3) is 0 Å². The van der Waals surface area contributed by atoms with Crippen LogP contribution in [-0.2, 0) is 9.36 Å². The van der Waals surface area contributed by atoms with E-state index in [1.165, 1.54) is 6.08 Å². The molecule has 1 aliphatic rings. The first kappa shape index (κ1) is 17.1. The highest BCUT2D eigenvalue weighted by Crippen LogP contribution is 2.39. The van der Waals surface area contributed by atoms with Crippen LogP contribution in [0.15, 0.2) is 34.9 Å². The molecular formula is C15H23O4P. The number of hydrogen-bond donors (Lipinski definition) is 2. The van der Waals surface area contributed by atoms with Gasteiger partial charge >= 0.3 is 7.60 Å². The lowest BCUT2D eigenvalue weighted by Crippen LogP contribution is -2.24. The Balaban J connectivity index is 2.95. The van der Waals surface area contributed by atoms with Crippen LogP contribution < -0.4 is 0 Å². The molecule has 0 unspecified atom stereocenters. The highest BCUT2D eigenvalue weighted by atomic mass is 31.2. The van der Waals surface area contributed by atoms with Gasteiger partial charge in [-0.1, -0.05) is 37.6 Å². The van der Waals surface area contributed by atoms with Gasteiger partial charge in [-0.3, -0.25) is 9.36 Å². The van der Waals surface area contributed by atoms with Gasteiger partial charge in [0.2, 0.25) is 0 Å². The van der Waals surface area contributed by atoms with Crippen molar-refractivity contribution in [3.8, 4) is 0 Å². The zero-order valence-corrected chi connectivity index (χ0v) is 13.4. The van der Waals surface area contributed by atoms with Gasteiger partial charge in [-0.25, -0.2) is 0 Å². The third-order valence-corrected chi connectivity index (χ3v) is 4.35. The van der Waals surface area contributed by atoms with Crippen molar-refractivity contribution in [3.63, 3.8) is 0 Å². The summed E-state index contributed by atoms with van der Waals surface area (Å²) in [6.45, 7) is 7.85. The molecule has 0 aromatic rings. The van der Waals surface area contributed by atoms with E-state index in [0.29, 0.717) is 6.42 Å². The predicted octanol–water partition coefficient (Wildman–Crippen LogP) is 3.37. The van der Waals surface area contributed by atoms with Gasteiger partial charge in [0, 0.05) is 6.42 Å². The second-order valence-corrected chi connectivity index (χ2v) is 7.67. The Morgan fingerprint density at radius 2 is 2.00 bits per heavy atom. The molecule has 2 N–H and O–H groups in total. The summed E-state index contributed by atoms with van der Waals surface area (Å²) in [7, 11) is -4.00. The maximum atomic E-state index is 11.8. The Bertz CT molecular complexity index is 532. The SMILES string of the molecule is CC(C=CC1=C(C)C(=O)CCC1(C)C)=CCP(=O)(O)O. The lowest BCUT2D eigenvalue weighted by Gasteiger charge is -2.32. The highest BCUT2D eigenvalue weighted by molar-refractivity contribution is 7.51. The number of carbonyl (C=O) groups is 1. The molecule has 0 bridgehead atoms. The third kappa shape index (κ3) is 4.86. The smallest absolute Gasteiger partial charge is 0.324 e. The molecule has 1 aliphatic carbocycles. The number of allylic oxidation sites excluding steroid dienone is 6. The van der Waals surface area contributed by atoms with Gasteiger partial charge < -0.3 is 9.79 Å². The number of hydrogen-bond acceptors (Lipinski definition) is 2. The van der Waals surface area contributed by atoms with E-state index in [-0.39, 0.29) is 17.4 Å². The molecular weight excluding hydrogens is 275 g/mol. The van der Waals surface area contributed by atoms with Gasteiger partial charge in [0.05, 0.1) is 6.16 Å². The molecule has 0 amide bonds. The third-order valence-electron chi connectivity index (χ3n) is 3.69. The van der Waals surface area contributed by atoms with Crippen LogP contribution in [0.5, 0.6) is 0 Å². The van der Waals surface area contributed by atoms with Crippen molar-refractivity contribution in [2.24, 2.45) is 5.41 Å². The van der Waals surface area contributed by atoms with Gasteiger partial charge in [0.15, 0.2) is 5.78 Å². The van der Waals surface area contributed by atoms with Gasteiger partial charge in [-0.15, -0.1) is 0 Å². The minimum atomic E-state index is -4.00. The van der Waals surface area contributed by atoms with Gasteiger partial charge in [-0.05, 0) is 36.8 Å². The second kappa shape index (κ2) is 6.21. The second-order valence-electron chi connectivity index (χ2n) is 5.97. The molecule has 20 heavy (non-hydrogen) atoms. The summed E-state index contributed by atoms with van der Waals surface area (Å²) in [5.41, 5.74) is 2.54. The van der Waals surface area contributed by atoms with E-state index in [2.05, 4.69) is 13.8 Å². The van der Waals surface area contributed by atoms with Crippen LogP contribution in [-0.4, -0.2) is 21.7 Å². The van der Waals surface area contributed by atoms with E-state index in [4.69, 9.17) is 9.79 Å². The summed E-state index contributed by atoms with van der Waals surface area (Å²) in [5.74, 6) is 0.181. The lowest BCUT2D eigenvalue weighted by molar-refractivity contribution is -0.116. The normalized spacial score (nSPS) is 20.9. The van der Waals surface area contributed by atoms with Gasteiger partial charge in [0.25, 0.3) is 0 Å². The molecule has 112 valence electrons. The van der Waals surface area contributed by atoms with Crippen molar-refractivity contribution < 1.29 is 19.1 Å². The Morgan fingerprint density at radius 3 is 2.55 bits per heavy atom. The van der Waals surface area contributed by atoms with Crippen molar-refractivity contribution >= 4 is 13.4 Å². The molecule has 0 atom stereocenters. The van der Waals surface area contributed by atoms with E-state index in [0.717, 1.165) is 23.1 Å². The summed E-state index contributed by atoms with van der Waals surface area (Å²) in [4.78, 5) is 29.4. The van der Waals surface area contributed by atoms with Gasteiger partial charge in [-0.2, -0.15) is 0 Å². The van der Waals surface area contributed by atoms with Crippen molar-refractivity contribution in [1.82, 2.24) is 0 Å². The van der Waals surface area contributed by atoms with E-state index in [1.54, 1.807) is 6.92 Å². The molecule has 4 nitrogen and oxygen atoms in total. The molecule has 0 saturated heterocycles. The Hall–Kier alpha value is -0.960. The average molecular weight is 298 g/mol. The average Bonchev–Trinajstić information content (AvgIpc) is 2.31. The maximum absolute atomic E-state index is 11.8. The largest absolute Gasteiger partial charge is 0.329 e. The van der Waals surface area contributed by atoms with E-state index < -0.39 is 7.60 Å². The zero-order valence-electron chi connectivity index (χ0n) is 12.5. The Morgan fingerprint density at radius 1 is 1.40 bits per heavy atom. The number of rotatable bonds is 4. The van der Waals surface area contributed by atoms with Crippen molar-refractivity contribution in [2.45, 2.75) is 40.5 Å². The van der Waals surface area contributed by atoms with E-state index in [1.807, 2.05) is 19.1 Å². The zero-order chi connectivity index (χ0) is 15.6. The summed E-state index contributed by atoms with van der Waals surface area (Å²) in [6, 6.07) is 0. The molecule has 0 spiro atoms. The molecule has 0 fully saturated rings. The summed E-state index contributed by atoms with van der Waals surface area (Å²) in [6.07, 6.45) is 6.39. The first-order chi connectivity index (χ1) is 9.03. The van der Waals surface area contributed by atoms with Crippen LogP contribution in [0.4, 0.5) is 0 Å². The van der Waals surface area contributed by atoms with Crippen LogP contribution in [0.3, 0.4) is 0 Å². The summed E-state index contributed by atoms with van der Waals surface area (Å²) >= 11 is 0. The molecule has 1 rings (SSSR count). The molecule has 0 aliphatic heterocycles. The standard InChI is InChI=1S/C15H23O4P/c1-11(8-10-20(17,18)19)5-6-13-12(2)14(16)7-9-15(13,3)4/h5-6,8H,7,9-10H2,1-4H3,(H2,17,18,19). The lowest BCUT2D eigenvalue weighted by atomic mass is 9.72. The van der Waals surface area contributed by atoms with Crippen molar-refractivity contribution in [2.75, 3.05) is 6.16 Å². The summed E-state index contributed by atoms with van der Waals surface area (Å²) < 4.78 is 10.8. The van der Waals surface area contributed by atoms with Crippen molar-refractivity contribution in [3.05, 3.63) is 34.9 Å². The fourth-order valence-electron chi connectivity index (χ4n) is 2.30. The Labute approximate surface area is 120 Å². The summed E-state index contributed by atoms with van der Waals surface area (Å²) in [5, 5.41) is 0. The number of ketones is 1. The van der Waals surface area contributed by atoms with Crippen LogP contribution in [0.1, 0.15) is 40.5 Å². The monoisotopic (exact) mass is 298 g/mol. The van der Waals surface area contributed by atoms with Crippen LogP contribution >= 0.6 is 7.60 Å². The molecule has 0 heterocycles. The van der Waals surface area contributed by atoms with Crippen molar-refractivity contribution in [1.29, 1.82) is 0 Å². The topological polar surface area (TPSA) is 74.6 Å². The Kier molecular flexibility index (Phi) is 5.31. The molecule has 0 aromatic heterocycles. The fourth-order valence-corrected chi connectivity index (χ4v) is 2.83. The quantitative estimate of drug-likeness (QED) is 0.616. The van der Waals surface area contributed by atoms with Gasteiger partial charge in [0.1, 0.15) is 0 Å². The van der Waals surface area contributed by atoms with Crippen LogP contribution in [0, 0.1) is 5.41 Å². The molecule has 0 aromatic carbocycles. The fraction of sp³-hybridized carbons (Fsp3) is 0.533. The number of Topliss-reactive ketones (excluding diaryl/α,β-unsaturated/α-hetero) is 1. The van der Waals surface area contributed by atoms with E-state index in [9.17, 15) is 9.36 Å². The predicted molar refractivity (Wildman–Crippen MR) is 80.5 cm³/mol. The molecule has 0 radical (unpaired) electrons. The number of carbonyl (C=O) groups excluding carboxylic acids is 1. The van der Waals surface area contributed by atoms with E-state index >= 15 is 0 Å². The molecule has 5 heteroatoms. The highest BCUT2D eigenvalue weighted by Gasteiger charge is 2.30. The first-order valence-corrected chi connectivity index (χ1v) is 8.47.